The molecule has 0 fully saturated rings. The minimum Gasteiger partial charge on any atom is -0.361 e. The second-order valence-corrected chi connectivity index (χ2v) is 5.12. The molecule has 2 N–H and O–H groups in total. The zero-order chi connectivity index (χ0) is 12.2. The van der Waals surface area contributed by atoms with Gasteiger partial charge >= 0.3 is 0 Å². The zero-order valence-electron chi connectivity index (χ0n) is 10.7. The molecule has 2 nitrogen and oxygen atoms in total. The lowest BCUT2D eigenvalue weighted by Crippen LogP contribution is -2.23. The van der Waals surface area contributed by atoms with Gasteiger partial charge in [0.05, 0.1) is 0 Å². The molecule has 2 aromatic rings. The van der Waals surface area contributed by atoms with Crippen molar-refractivity contribution in [3.05, 3.63) is 48.2 Å². The van der Waals surface area contributed by atoms with Crippen LogP contribution in [0.25, 0.3) is 10.9 Å². The molecular formula is C16H20N2. The van der Waals surface area contributed by atoms with Gasteiger partial charge < -0.3 is 10.3 Å². The van der Waals surface area contributed by atoms with Crippen LogP contribution in [0, 0.1) is 5.92 Å². The Morgan fingerprint density at radius 1 is 1.17 bits per heavy atom. The number of rotatable bonds is 5. The maximum absolute atomic E-state index is 3.58. The first-order valence-corrected chi connectivity index (χ1v) is 6.84. The van der Waals surface area contributed by atoms with E-state index in [0.717, 1.165) is 25.4 Å². The summed E-state index contributed by atoms with van der Waals surface area (Å²) >= 11 is 0. The third-order valence-corrected chi connectivity index (χ3v) is 3.78. The van der Waals surface area contributed by atoms with Crippen LogP contribution in [0.2, 0.25) is 0 Å². The van der Waals surface area contributed by atoms with Crippen LogP contribution in [0.3, 0.4) is 0 Å². The molecule has 1 aliphatic carbocycles. The van der Waals surface area contributed by atoms with E-state index in [9.17, 15) is 0 Å². The standard InChI is InChI=1S/C16H20N2/c1-2-6-13(5-1)11-17-10-9-14-12-18-16-8-4-3-7-15(14)16/h1-4,7-8,12-13,17-18H,5-6,9-11H2. The highest BCUT2D eigenvalue weighted by Gasteiger charge is 2.09. The molecule has 0 bridgehead atoms. The van der Waals surface area contributed by atoms with Gasteiger partial charge in [-0.1, -0.05) is 30.4 Å². The van der Waals surface area contributed by atoms with Crippen molar-refractivity contribution in [1.29, 1.82) is 0 Å². The highest BCUT2D eigenvalue weighted by atomic mass is 14.9. The Bertz CT molecular complexity index is 531. The number of allylic oxidation sites excluding steroid dienone is 2. The monoisotopic (exact) mass is 240 g/mol. The van der Waals surface area contributed by atoms with E-state index in [1.165, 1.54) is 29.3 Å². The summed E-state index contributed by atoms with van der Waals surface area (Å²) in [6, 6.07) is 8.52. The highest BCUT2D eigenvalue weighted by molar-refractivity contribution is 5.83. The maximum atomic E-state index is 3.58. The summed E-state index contributed by atoms with van der Waals surface area (Å²) in [5.74, 6) is 0.827. The number of fused-ring (bicyclic) bond motifs is 1. The number of benzene rings is 1. The van der Waals surface area contributed by atoms with Crippen LogP contribution in [-0.4, -0.2) is 18.1 Å². The molecule has 94 valence electrons. The molecule has 0 radical (unpaired) electrons. The number of hydrogen-bond acceptors (Lipinski definition) is 1. The molecule has 3 rings (SSSR count). The molecule has 0 aliphatic heterocycles. The van der Waals surface area contributed by atoms with Crippen molar-refractivity contribution < 1.29 is 0 Å². The van der Waals surface area contributed by atoms with E-state index in [1.807, 2.05) is 0 Å². The number of para-hydroxylation sites is 1. The van der Waals surface area contributed by atoms with Crippen molar-refractivity contribution in [2.75, 3.05) is 13.1 Å². The number of H-pyrrole nitrogens is 1. The Morgan fingerprint density at radius 3 is 2.89 bits per heavy atom. The zero-order valence-corrected chi connectivity index (χ0v) is 10.7. The summed E-state index contributed by atoms with van der Waals surface area (Å²) < 4.78 is 0. The molecule has 1 aromatic heterocycles. The molecule has 1 aliphatic rings. The molecule has 1 heterocycles. The largest absolute Gasteiger partial charge is 0.361 e. The average molecular weight is 240 g/mol. The second-order valence-electron chi connectivity index (χ2n) is 5.12. The average Bonchev–Trinajstić information content (AvgIpc) is 3.04. The number of aromatic nitrogens is 1. The summed E-state index contributed by atoms with van der Waals surface area (Å²) in [7, 11) is 0. The fraction of sp³-hybridized carbons (Fsp3) is 0.375. The minimum absolute atomic E-state index is 0.827. The van der Waals surface area contributed by atoms with Gasteiger partial charge in [0.1, 0.15) is 0 Å². The SMILES string of the molecule is C1=CCC(CNCCc2c[nH]c3ccccc23)C1. The molecule has 2 heteroatoms. The Hall–Kier alpha value is -1.54. The first-order valence-electron chi connectivity index (χ1n) is 6.84. The van der Waals surface area contributed by atoms with E-state index >= 15 is 0 Å². The van der Waals surface area contributed by atoms with Gasteiger partial charge in [-0.15, -0.1) is 0 Å². The van der Waals surface area contributed by atoms with E-state index < -0.39 is 0 Å². The number of hydrogen-bond donors (Lipinski definition) is 2. The molecule has 0 atom stereocenters. The predicted molar refractivity (Wildman–Crippen MR) is 76.7 cm³/mol. The second kappa shape index (κ2) is 5.40. The Morgan fingerprint density at radius 2 is 2.00 bits per heavy atom. The van der Waals surface area contributed by atoms with Crippen LogP contribution in [0.1, 0.15) is 18.4 Å². The molecule has 1 aromatic carbocycles. The van der Waals surface area contributed by atoms with Crippen molar-refractivity contribution in [2.24, 2.45) is 5.92 Å². The molecule has 0 unspecified atom stereocenters. The summed E-state index contributed by atoms with van der Waals surface area (Å²) in [5.41, 5.74) is 2.66. The van der Waals surface area contributed by atoms with E-state index in [2.05, 4.69) is 52.9 Å². The summed E-state index contributed by atoms with van der Waals surface area (Å²) in [5, 5.41) is 4.94. The van der Waals surface area contributed by atoms with Crippen molar-refractivity contribution >= 4 is 10.9 Å². The Balaban J connectivity index is 1.50. The van der Waals surface area contributed by atoms with Crippen LogP contribution in [0.5, 0.6) is 0 Å². The van der Waals surface area contributed by atoms with Crippen LogP contribution in [0.4, 0.5) is 0 Å². The van der Waals surface area contributed by atoms with Gasteiger partial charge in [-0.2, -0.15) is 0 Å². The lowest BCUT2D eigenvalue weighted by Gasteiger charge is -2.10. The third-order valence-electron chi connectivity index (χ3n) is 3.78. The number of nitrogens with one attached hydrogen (secondary N) is 2. The minimum atomic E-state index is 0.827. The van der Waals surface area contributed by atoms with E-state index in [1.54, 1.807) is 0 Å². The smallest absolute Gasteiger partial charge is 0.0456 e. The van der Waals surface area contributed by atoms with Gasteiger partial charge in [0, 0.05) is 17.1 Å². The fourth-order valence-electron chi connectivity index (χ4n) is 2.71. The Labute approximate surface area is 108 Å². The molecule has 18 heavy (non-hydrogen) atoms. The van der Waals surface area contributed by atoms with Crippen molar-refractivity contribution in [2.45, 2.75) is 19.3 Å². The highest BCUT2D eigenvalue weighted by Crippen LogP contribution is 2.18. The van der Waals surface area contributed by atoms with Crippen LogP contribution < -0.4 is 5.32 Å². The van der Waals surface area contributed by atoms with E-state index in [0.29, 0.717) is 0 Å². The fourth-order valence-corrected chi connectivity index (χ4v) is 2.71. The van der Waals surface area contributed by atoms with E-state index in [4.69, 9.17) is 0 Å². The van der Waals surface area contributed by atoms with Crippen molar-refractivity contribution in [3.63, 3.8) is 0 Å². The lowest BCUT2D eigenvalue weighted by atomic mass is 10.1. The molecular weight excluding hydrogens is 220 g/mol. The Kier molecular flexibility index (Phi) is 3.47. The van der Waals surface area contributed by atoms with Gasteiger partial charge in [0.25, 0.3) is 0 Å². The van der Waals surface area contributed by atoms with Gasteiger partial charge in [-0.25, -0.2) is 0 Å². The molecule has 0 saturated carbocycles. The van der Waals surface area contributed by atoms with Gasteiger partial charge in [0.15, 0.2) is 0 Å². The van der Waals surface area contributed by atoms with Gasteiger partial charge in [-0.3, -0.25) is 0 Å². The third kappa shape index (κ3) is 2.49. The summed E-state index contributed by atoms with van der Waals surface area (Å²) in [6.45, 7) is 2.22. The normalized spacial score (nSPS) is 15.8. The maximum Gasteiger partial charge on any atom is 0.0456 e. The van der Waals surface area contributed by atoms with Crippen molar-refractivity contribution in [3.8, 4) is 0 Å². The van der Waals surface area contributed by atoms with E-state index in [-0.39, 0.29) is 0 Å². The molecule has 0 amide bonds. The first kappa shape index (κ1) is 11.5. The van der Waals surface area contributed by atoms with Crippen molar-refractivity contribution in [1.82, 2.24) is 10.3 Å². The molecule has 0 spiro atoms. The van der Waals surface area contributed by atoms with Gasteiger partial charge in [0.2, 0.25) is 0 Å². The first-order chi connectivity index (χ1) is 8.93. The van der Waals surface area contributed by atoms with Crippen LogP contribution >= 0.6 is 0 Å². The summed E-state index contributed by atoms with van der Waals surface area (Å²) in [4.78, 5) is 3.33. The lowest BCUT2D eigenvalue weighted by molar-refractivity contribution is 0.506. The predicted octanol–water partition coefficient (Wildman–Crippen LogP) is 3.27. The topological polar surface area (TPSA) is 27.8 Å². The van der Waals surface area contributed by atoms with Crippen LogP contribution in [0.15, 0.2) is 42.6 Å². The van der Waals surface area contributed by atoms with Crippen LogP contribution in [-0.2, 0) is 6.42 Å². The summed E-state index contributed by atoms with van der Waals surface area (Å²) in [6.07, 6.45) is 10.3. The number of aromatic amines is 1. The quantitative estimate of drug-likeness (QED) is 0.609. The van der Waals surface area contributed by atoms with Gasteiger partial charge in [-0.05, 0) is 49.9 Å². The molecule has 0 saturated heterocycles.